The van der Waals surface area contributed by atoms with Gasteiger partial charge in [0, 0.05) is 12.4 Å². The highest BCUT2D eigenvalue weighted by Crippen LogP contribution is 2.10. The summed E-state index contributed by atoms with van der Waals surface area (Å²) in [5.41, 5.74) is 2.90. The lowest BCUT2D eigenvalue weighted by molar-refractivity contribution is 0.0468. The Morgan fingerprint density at radius 3 is 2.71 bits per heavy atom. The number of fused-ring (bicyclic) bond motifs is 1. The molecule has 0 amide bonds. The van der Waals surface area contributed by atoms with Crippen molar-refractivity contribution in [2.75, 3.05) is 0 Å². The fourth-order valence-corrected chi connectivity index (χ4v) is 2.03. The van der Waals surface area contributed by atoms with E-state index in [-0.39, 0.29) is 12.4 Å². The molecule has 2 heterocycles. The molecule has 0 atom stereocenters. The van der Waals surface area contributed by atoms with E-state index in [0.29, 0.717) is 11.3 Å². The average Bonchev–Trinajstić information content (AvgIpc) is 2.87. The Morgan fingerprint density at radius 1 is 1.19 bits per heavy atom. The third-order valence-corrected chi connectivity index (χ3v) is 3.08. The summed E-state index contributed by atoms with van der Waals surface area (Å²) < 4.78 is 19.8. The molecule has 0 saturated carbocycles. The predicted octanol–water partition coefficient (Wildman–Crippen LogP) is 3.14. The number of imidazole rings is 1. The summed E-state index contributed by atoms with van der Waals surface area (Å²) >= 11 is 0. The van der Waals surface area contributed by atoms with E-state index in [9.17, 15) is 9.18 Å². The lowest BCUT2D eigenvalue weighted by atomic mass is 10.2. The first-order valence-corrected chi connectivity index (χ1v) is 6.49. The molecule has 0 unspecified atom stereocenters. The van der Waals surface area contributed by atoms with Crippen LogP contribution in [0.15, 0.2) is 48.8 Å². The van der Waals surface area contributed by atoms with Crippen molar-refractivity contribution in [2.24, 2.45) is 0 Å². The predicted molar refractivity (Wildman–Crippen MR) is 75.4 cm³/mol. The molecular formula is C16H13FN2O2. The molecule has 0 bridgehead atoms. The Bertz CT molecular complexity index is 794. The molecule has 0 aliphatic rings. The van der Waals surface area contributed by atoms with Crippen LogP contribution in [0, 0.1) is 12.7 Å². The molecule has 0 N–H and O–H groups in total. The highest BCUT2D eigenvalue weighted by Gasteiger charge is 2.09. The van der Waals surface area contributed by atoms with Crippen molar-refractivity contribution in [1.29, 1.82) is 0 Å². The van der Waals surface area contributed by atoms with Crippen LogP contribution in [0.25, 0.3) is 5.65 Å². The van der Waals surface area contributed by atoms with Crippen molar-refractivity contribution >= 4 is 11.6 Å². The van der Waals surface area contributed by atoms with Crippen LogP contribution in [0.2, 0.25) is 0 Å². The first-order chi connectivity index (χ1) is 10.1. The summed E-state index contributed by atoms with van der Waals surface area (Å²) in [6, 6.07) is 9.11. The zero-order chi connectivity index (χ0) is 14.8. The summed E-state index contributed by atoms with van der Waals surface area (Å²) in [5.74, 6) is -0.884. The molecule has 2 aromatic heterocycles. The summed E-state index contributed by atoms with van der Waals surface area (Å²) in [6.45, 7) is 2.07. The first kappa shape index (κ1) is 13.3. The van der Waals surface area contributed by atoms with Gasteiger partial charge in [-0.3, -0.25) is 0 Å². The largest absolute Gasteiger partial charge is 0.456 e. The number of rotatable bonds is 3. The number of carbonyl (C=O) groups is 1. The molecule has 0 aliphatic heterocycles. The van der Waals surface area contributed by atoms with Gasteiger partial charge in [0.05, 0.1) is 11.3 Å². The van der Waals surface area contributed by atoms with Crippen LogP contribution >= 0.6 is 0 Å². The Balaban J connectivity index is 1.71. The number of esters is 1. The molecular weight excluding hydrogens is 271 g/mol. The minimum Gasteiger partial charge on any atom is -0.456 e. The average molecular weight is 284 g/mol. The maximum Gasteiger partial charge on any atom is 0.338 e. The Hall–Kier alpha value is -2.69. The van der Waals surface area contributed by atoms with Crippen LogP contribution in [0.1, 0.15) is 21.6 Å². The smallest absolute Gasteiger partial charge is 0.338 e. The van der Waals surface area contributed by atoms with Gasteiger partial charge in [-0.05, 0) is 42.8 Å². The number of benzene rings is 1. The monoisotopic (exact) mass is 284 g/mol. The molecule has 4 nitrogen and oxygen atoms in total. The summed E-state index contributed by atoms with van der Waals surface area (Å²) in [4.78, 5) is 16.2. The molecule has 0 radical (unpaired) electrons. The highest BCUT2D eigenvalue weighted by atomic mass is 19.1. The standard InChI is InChI=1S/C16H13FN2O2/c1-11-2-7-15-18-14(9-19(15)8-11)10-21-16(20)12-3-5-13(17)6-4-12/h2-9H,10H2,1H3. The van der Waals surface area contributed by atoms with Crippen LogP contribution in [0.3, 0.4) is 0 Å². The molecule has 21 heavy (non-hydrogen) atoms. The Morgan fingerprint density at radius 2 is 1.95 bits per heavy atom. The van der Waals surface area contributed by atoms with Gasteiger partial charge in [0.2, 0.25) is 0 Å². The van der Waals surface area contributed by atoms with Crippen LogP contribution in [-0.4, -0.2) is 15.4 Å². The van der Waals surface area contributed by atoms with Gasteiger partial charge in [0.1, 0.15) is 18.1 Å². The van der Waals surface area contributed by atoms with Gasteiger partial charge in [-0.25, -0.2) is 14.2 Å². The maximum absolute atomic E-state index is 12.8. The van der Waals surface area contributed by atoms with Gasteiger partial charge in [-0.1, -0.05) is 6.07 Å². The minimum atomic E-state index is -0.497. The molecule has 0 spiro atoms. The van der Waals surface area contributed by atoms with Crippen molar-refractivity contribution in [3.8, 4) is 0 Å². The van der Waals surface area contributed by atoms with Crippen LogP contribution in [0.4, 0.5) is 4.39 Å². The molecule has 1 aromatic carbocycles. The van der Waals surface area contributed by atoms with Gasteiger partial charge < -0.3 is 9.14 Å². The van der Waals surface area contributed by atoms with Gasteiger partial charge in [-0.15, -0.1) is 0 Å². The molecule has 3 rings (SSSR count). The SMILES string of the molecule is Cc1ccc2nc(COC(=O)c3ccc(F)cc3)cn2c1. The number of aryl methyl sites for hydroxylation is 1. The van der Waals surface area contributed by atoms with Crippen molar-refractivity contribution in [2.45, 2.75) is 13.5 Å². The van der Waals surface area contributed by atoms with Gasteiger partial charge in [-0.2, -0.15) is 0 Å². The quantitative estimate of drug-likeness (QED) is 0.694. The van der Waals surface area contributed by atoms with E-state index in [1.54, 1.807) is 0 Å². The van der Waals surface area contributed by atoms with E-state index in [1.165, 1.54) is 24.3 Å². The van der Waals surface area contributed by atoms with E-state index in [2.05, 4.69) is 4.98 Å². The van der Waals surface area contributed by atoms with Crippen LogP contribution in [-0.2, 0) is 11.3 Å². The zero-order valence-electron chi connectivity index (χ0n) is 11.4. The zero-order valence-corrected chi connectivity index (χ0v) is 11.4. The van der Waals surface area contributed by atoms with Gasteiger partial charge >= 0.3 is 5.97 Å². The number of aromatic nitrogens is 2. The molecule has 106 valence electrons. The van der Waals surface area contributed by atoms with Gasteiger partial charge in [0.15, 0.2) is 0 Å². The number of hydrogen-bond donors (Lipinski definition) is 0. The minimum absolute atomic E-state index is 0.0803. The fraction of sp³-hybridized carbons (Fsp3) is 0.125. The van der Waals surface area contributed by atoms with E-state index in [0.717, 1.165) is 11.2 Å². The Kier molecular flexibility index (Phi) is 3.39. The summed E-state index contributed by atoms with van der Waals surface area (Å²) in [7, 11) is 0. The van der Waals surface area contributed by atoms with E-state index >= 15 is 0 Å². The Labute approximate surface area is 120 Å². The lowest BCUT2D eigenvalue weighted by Crippen LogP contribution is -2.05. The molecule has 0 fully saturated rings. The number of pyridine rings is 1. The van der Waals surface area contributed by atoms with E-state index in [1.807, 2.05) is 35.9 Å². The second-order valence-electron chi connectivity index (χ2n) is 4.79. The van der Waals surface area contributed by atoms with E-state index < -0.39 is 5.97 Å². The van der Waals surface area contributed by atoms with Crippen LogP contribution in [0.5, 0.6) is 0 Å². The number of hydrogen-bond acceptors (Lipinski definition) is 3. The van der Waals surface area contributed by atoms with Gasteiger partial charge in [0.25, 0.3) is 0 Å². The first-order valence-electron chi connectivity index (χ1n) is 6.49. The second kappa shape index (κ2) is 5.36. The van der Waals surface area contributed by atoms with Crippen molar-refractivity contribution < 1.29 is 13.9 Å². The van der Waals surface area contributed by atoms with E-state index in [4.69, 9.17) is 4.74 Å². The van der Waals surface area contributed by atoms with Crippen molar-refractivity contribution in [3.63, 3.8) is 0 Å². The summed E-state index contributed by atoms with van der Waals surface area (Å²) in [6.07, 6.45) is 3.77. The number of nitrogens with zero attached hydrogens (tertiary/aromatic N) is 2. The highest BCUT2D eigenvalue weighted by molar-refractivity contribution is 5.89. The fourth-order valence-electron chi connectivity index (χ4n) is 2.03. The van der Waals surface area contributed by atoms with Crippen molar-refractivity contribution in [1.82, 2.24) is 9.38 Å². The normalized spacial score (nSPS) is 10.8. The topological polar surface area (TPSA) is 43.6 Å². The molecule has 5 heteroatoms. The second-order valence-corrected chi connectivity index (χ2v) is 4.79. The van der Waals surface area contributed by atoms with Crippen LogP contribution < -0.4 is 0 Å². The van der Waals surface area contributed by atoms with Crippen molar-refractivity contribution in [3.05, 3.63) is 71.4 Å². The lowest BCUT2D eigenvalue weighted by Gasteiger charge is -2.02. The molecule has 0 saturated heterocycles. The number of carbonyl (C=O) groups excluding carboxylic acids is 1. The molecule has 0 aliphatic carbocycles. The maximum atomic E-state index is 12.8. The molecule has 3 aromatic rings. The number of halogens is 1. The number of ether oxygens (including phenoxy) is 1. The third kappa shape index (κ3) is 2.91. The third-order valence-electron chi connectivity index (χ3n) is 3.08. The summed E-state index contributed by atoms with van der Waals surface area (Å²) in [5, 5.41) is 0.